The van der Waals surface area contributed by atoms with Crippen molar-refractivity contribution >= 4 is 37.8 Å². The van der Waals surface area contributed by atoms with E-state index in [0.717, 1.165) is 0 Å². The maximum Gasteiger partial charge on any atom is 0.238 e. The Balaban J connectivity index is 2.29. The minimum atomic E-state index is -0.468. The second-order valence-electron chi connectivity index (χ2n) is 3.55. The zero-order chi connectivity index (χ0) is 13.8. The van der Waals surface area contributed by atoms with Crippen LogP contribution in [0.3, 0.4) is 0 Å². The van der Waals surface area contributed by atoms with E-state index in [9.17, 15) is 4.39 Å². The van der Waals surface area contributed by atoms with Gasteiger partial charge in [-0.05, 0) is 41.1 Å². The highest BCUT2D eigenvalue weighted by Crippen LogP contribution is 2.30. The average Bonchev–Trinajstić information content (AvgIpc) is 2.37. The molecule has 2 aromatic rings. The van der Waals surface area contributed by atoms with Crippen LogP contribution in [-0.2, 0) is 0 Å². The van der Waals surface area contributed by atoms with E-state index in [-0.39, 0.29) is 11.6 Å². The lowest BCUT2D eigenvalue weighted by Crippen LogP contribution is -2.03. The van der Waals surface area contributed by atoms with Crippen LogP contribution in [0.25, 0.3) is 0 Å². The molecule has 1 aromatic carbocycles. The fourth-order valence-electron chi connectivity index (χ4n) is 1.33. The van der Waals surface area contributed by atoms with Crippen LogP contribution in [0, 0.1) is 5.82 Å². The molecule has 0 fully saturated rings. The van der Waals surface area contributed by atoms with Crippen LogP contribution in [0.1, 0.15) is 6.92 Å². The maximum atomic E-state index is 13.7. The van der Waals surface area contributed by atoms with Gasteiger partial charge in [0.05, 0.1) is 10.7 Å². The molecule has 0 amide bonds. The molecule has 0 spiro atoms. The second kappa shape index (κ2) is 6.29. The monoisotopic (exact) mass is 389 g/mol. The number of hydrogen-bond acceptors (Lipinski definition) is 4. The van der Waals surface area contributed by atoms with Crippen molar-refractivity contribution in [1.82, 2.24) is 9.97 Å². The molecule has 19 heavy (non-hydrogen) atoms. The quantitative estimate of drug-likeness (QED) is 0.842. The van der Waals surface area contributed by atoms with Crippen LogP contribution in [0.15, 0.2) is 33.3 Å². The van der Waals surface area contributed by atoms with Gasteiger partial charge in [-0.15, -0.1) is 0 Å². The molecule has 0 aliphatic heterocycles. The number of hydrogen-bond donors (Lipinski definition) is 1. The van der Waals surface area contributed by atoms with Crippen molar-refractivity contribution < 1.29 is 9.13 Å². The molecular weight excluding hydrogens is 381 g/mol. The molecule has 7 heteroatoms. The Morgan fingerprint density at radius 3 is 2.84 bits per heavy atom. The van der Waals surface area contributed by atoms with Crippen molar-refractivity contribution in [1.29, 1.82) is 0 Å². The second-order valence-corrected chi connectivity index (χ2v) is 5.32. The number of anilines is 1. The molecule has 1 heterocycles. The van der Waals surface area contributed by atoms with Crippen LogP contribution < -0.4 is 10.1 Å². The van der Waals surface area contributed by atoms with Crippen LogP contribution in [0.4, 0.5) is 10.3 Å². The number of halogens is 3. The molecule has 100 valence electrons. The van der Waals surface area contributed by atoms with E-state index in [4.69, 9.17) is 4.74 Å². The third kappa shape index (κ3) is 3.63. The van der Waals surface area contributed by atoms with Crippen LogP contribution in [0.5, 0.6) is 11.6 Å². The number of nitrogens with zero attached hydrogens (tertiary/aromatic N) is 2. The first-order valence-corrected chi connectivity index (χ1v) is 7.08. The summed E-state index contributed by atoms with van der Waals surface area (Å²) in [6.07, 6.45) is 1.55. The first-order valence-electron chi connectivity index (χ1n) is 5.49. The zero-order valence-corrected chi connectivity index (χ0v) is 13.1. The van der Waals surface area contributed by atoms with Gasteiger partial charge < -0.3 is 10.1 Å². The number of ether oxygens (including phenoxy) is 1. The van der Waals surface area contributed by atoms with E-state index in [1.54, 1.807) is 12.3 Å². The van der Waals surface area contributed by atoms with Gasteiger partial charge in [0, 0.05) is 11.0 Å². The van der Waals surface area contributed by atoms with Gasteiger partial charge in [0.15, 0.2) is 11.6 Å². The van der Waals surface area contributed by atoms with Gasteiger partial charge >= 0.3 is 0 Å². The van der Waals surface area contributed by atoms with Gasteiger partial charge in [0.2, 0.25) is 11.8 Å². The van der Waals surface area contributed by atoms with Gasteiger partial charge in [-0.2, -0.15) is 4.98 Å². The molecule has 0 bridgehead atoms. The summed E-state index contributed by atoms with van der Waals surface area (Å²) in [5, 5.41) is 2.96. The topological polar surface area (TPSA) is 47.0 Å². The Hall–Kier alpha value is -1.21. The van der Waals surface area contributed by atoms with Crippen molar-refractivity contribution in [3.63, 3.8) is 0 Å². The normalized spacial score (nSPS) is 10.3. The lowest BCUT2D eigenvalue weighted by Gasteiger charge is -2.09. The first-order chi connectivity index (χ1) is 9.10. The summed E-state index contributed by atoms with van der Waals surface area (Å²) < 4.78 is 20.3. The van der Waals surface area contributed by atoms with Crippen LogP contribution >= 0.6 is 31.9 Å². The molecule has 0 unspecified atom stereocenters. The molecule has 1 N–H and O–H groups in total. The number of rotatable bonds is 4. The fourth-order valence-corrected chi connectivity index (χ4v) is 1.93. The molecule has 0 saturated carbocycles. The Bertz CT molecular complexity index is 595. The molecule has 0 atom stereocenters. The summed E-state index contributed by atoms with van der Waals surface area (Å²) in [6.45, 7) is 2.62. The molecule has 4 nitrogen and oxygen atoms in total. The minimum absolute atomic E-state index is 0.102. The molecular formula is C12H10Br2FN3O. The maximum absolute atomic E-state index is 13.7. The predicted octanol–water partition coefficient (Wildman–Crippen LogP) is 4.36. The Morgan fingerprint density at radius 2 is 2.16 bits per heavy atom. The molecule has 0 aliphatic rings. The highest BCUT2D eigenvalue weighted by Gasteiger charge is 2.10. The van der Waals surface area contributed by atoms with Crippen molar-refractivity contribution in [2.75, 3.05) is 11.9 Å². The standard InChI is InChI=1S/C12H10Br2FN3O/c1-2-16-12-17-6-8(14)11(18-12)19-10-4-3-7(13)5-9(10)15/h3-6H,2H2,1H3,(H,16,17,18). The Morgan fingerprint density at radius 1 is 1.37 bits per heavy atom. The van der Waals surface area contributed by atoms with E-state index >= 15 is 0 Å². The van der Waals surface area contributed by atoms with Crippen molar-refractivity contribution in [3.05, 3.63) is 39.2 Å². The fraction of sp³-hybridized carbons (Fsp3) is 0.167. The summed E-state index contributed by atoms with van der Waals surface area (Å²) >= 11 is 6.46. The summed E-state index contributed by atoms with van der Waals surface area (Å²) in [6, 6.07) is 4.55. The Kier molecular flexibility index (Phi) is 4.71. The van der Waals surface area contributed by atoms with E-state index in [1.165, 1.54) is 12.1 Å². The number of nitrogens with one attached hydrogen (secondary N) is 1. The van der Waals surface area contributed by atoms with E-state index in [0.29, 0.717) is 21.4 Å². The lowest BCUT2D eigenvalue weighted by atomic mass is 10.3. The lowest BCUT2D eigenvalue weighted by molar-refractivity contribution is 0.424. The van der Waals surface area contributed by atoms with Gasteiger partial charge in [-0.1, -0.05) is 15.9 Å². The largest absolute Gasteiger partial charge is 0.435 e. The molecule has 2 rings (SSSR count). The minimum Gasteiger partial charge on any atom is -0.435 e. The average molecular weight is 391 g/mol. The van der Waals surface area contributed by atoms with Crippen LogP contribution in [0.2, 0.25) is 0 Å². The van der Waals surface area contributed by atoms with Gasteiger partial charge in [-0.3, -0.25) is 0 Å². The predicted molar refractivity (Wildman–Crippen MR) is 78.1 cm³/mol. The summed E-state index contributed by atoms with van der Waals surface area (Å²) in [5.41, 5.74) is 0. The van der Waals surface area contributed by atoms with E-state index in [1.807, 2.05) is 6.92 Å². The summed E-state index contributed by atoms with van der Waals surface area (Å²) in [7, 11) is 0. The van der Waals surface area contributed by atoms with Crippen molar-refractivity contribution in [2.24, 2.45) is 0 Å². The SMILES string of the molecule is CCNc1ncc(Br)c(Oc2ccc(Br)cc2F)n1. The zero-order valence-electron chi connectivity index (χ0n) is 9.95. The van der Waals surface area contributed by atoms with Crippen molar-refractivity contribution in [3.8, 4) is 11.6 Å². The molecule has 1 aromatic heterocycles. The van der Waals surface area contributed by atoms with Gasteiger partial charge in [0.1, 0.15) is 0 Å². The third-order valence-electron chi connectivity index (χ3n) is 2.15. The van der Waals surface area contributed by atoms with E-state index in [2.05, 4.69) is 47.1 Å². The molecule has 0 saturated heterocycles. The first kappa shape index (κ1) is 14.2. The highest BCUT2D eigenvalue weighted by molar-refractivity contribution is 9.10. The van der Waals surface area contributed by atoms with Gasteiger partial charge in [-0.25, -0.2) is 9.37 Å². The molecule has 0 aliphatic carbocycles. The third-order valence-corrected chi connectivity index (χ3v) is 3.18. The molecule has 0 radical (unpaired) electrons. The summed E-state index contributed by atoms with van der Waals surface area (Å²) in [5.74, 6) is 0.320. The highest BCUT2D eigenvalue weighted by atomic mass is 79.9. The van der Waals surface area contributed by atoms with E-state index < -0.39 is 5.82 Å². The van der Waals surface area contributed by atoms with Crippen LogP contribution in [-0.4, -0.2) is 16.5 Å². The Labute approximate surface area is 126 Å². The summed E-state index contributed by atoms with van der Waals surface area (Å²) in [4.78, 5) is 8.21. The van der Waals surface area contributed by atoms with Gasteiger partial charge in [0.25, 0.3) is 0 Å². The van der Waals surface area contributed by atoms with Crippen molar-refractivity contribution in [2.45, 2.75) is 6.92 Å². The smallest absolute Gasteiger partial charge is 0.238 e. The number of aromatic nitrogens is 2. The number of benzene rings is 1.